The number of nitrogens with zero attached hydrogens (tertiary/aromatic N) is 2. The molecule has 2 unspecified atom stereocenters. The average molecular weight is 450 g/mol. The number of hydrogen-bond donors (Lipinski definition) is 1. The number of rotatable bonds is 5. The minimum absolute atomic E-state index is 0.0355. The number of aromatic nitrogens is 1. The summed E-state index contributed by atoms with van der Waals surface area (Å²) in [5.74, 6) is -2.50. The number of hydrogen-bond acceptors (Lipinski definition) is 5. The maximum Gasteiger partial charge on any atom is 0.247 e. The second-order valence-electron chi connectivity index (χ2n) is 8.29. The van der Waals surface area contributed by atoms with Gasteiger partial charge in [-0.1, -0.05) is 12.8 Å². The topological polar surface area (TPSA) is 71.5 Å². The second-order valence-corrected chi connectivity index (χ2v) is 9.62. The van der Waals surface area contributed by atoms with Crippen molar-refractivity contribution in [2.75, 3.05) is 30.1 Å². The second kappa shape index (κ2) is 8.53. The predicted molar refractivity (Wildman–Crippen MR) is 115 cm³/mol. The van der Waals surface area contributed by atoms with Gasteiger partial charge < -0.3 is 15.0 Å². The fourth-order valence-corrected chi connectivity index (χ4v) is 5.35. The summed E-state index contributed by atoms with van der Waals surface area (Å²) in [6, 6.07) is 5.18. The summed E-state index contributed by atoms with van der Waals surface area (Å²) >= 11 is 0. The highest BCUT2D eigenvalue weighted by molar-refractivity contribution is 7.84. The Morgan fingerprint density at radius 3 is 2.71 bits per heavy atom. The lowest BCUT2D eigenvalue weighted by Gasteiger charge is -2.28. The van der Waals surface area contributed by atoms with Gasteiger partial charge in [-0.3, -0.25) is 9.00 Å². The molecule has 1 saturated carbocycles. The zero-order chi connectivity index (χ0) is 22.2. The van der Waals surface area contributed by atoms with Gasteiger partial charge in [0.25, 0.3) is 0 Å². The molecular weight excluding hydrogens is 424 g/mol. The molecular formula is C22H25F2N3O3S. The van der Waals surface area contributed by atoms with Crippen molar-refractivity contribution in [1.82, 2.24) is 4.98 Å². The normalized spacial score (nSPS) is 20.8. The molecule has 4 rings (SSSR count). The van der Waals surface area contributed by atoms with Gasteiger partial charge in [0, 0.05) is 24.7 Å². The third kappa shape index (κ3) is 4.15. The molecule has 2 heterocycles. The van der Waals surface area contributed by atoms with Crippen molar-refractivity contribution < 1.29 is 22.5 Å². The molecule has 1 spiro atoms. The first-order chi connectivity index (χ1) is 14.8. The highest BCUT2D eigenvalue weighted by Crippen LogP contribution is 2.50. The van der Waals surface area contributed by atoms with Crippen LogP contribution in [0.4, 0.5) is 20.2 Å². The first-order valence-corrected chi connectivity index (χ1v) is 11.8. The Bertz CT molecular complexity index is 1030. The molecule has 0 radical (unpaired) electrons. The van der Waals surface area contributed by atoms with Crippen LogP contribution in [0.1, 0.15) is 32.1 Å². The molecule has 1 amide bonds. The third-order valence-electron chi connectivity index (χ3n) is 6.31. The van der Waals surface area contributed by atoms with Crippen molar-refractivity contribution >= 4 is 28.1 Å². The number of anilines is 2. The number of ether oxygens (including phenoxy) is 1. The fraction of sp³-hybridized carbons (Fsp3) is 0.455. The quantitative estimate of drug-likeness (QED) is 0.750. The lowest BCUT2D eigenvalue weighted by Crippen LogP contribution is -2.40. The minimum Gasteiger partial charge on any atom is -0.491 e. The van der Waals surface area contributed by atoms with Crippen LogP contribution in [0.25, 0.3) is 0 Å². The Morgan fingerprint density at radius 2 is 2.03 bits per heavy atom. The molecule has 31 heavy (non-hydrogen) atoms. The Labute approximate surface area is 182 Å². The molecule has 2 aliphatic rings. The van der Waals surface area contributed by atoms with Gasteiger partial charge in [0.05, 0.1) is 23.6 Å². The molecule has 1 aromatic heterocycles. The number of pyridine rings is 1. The Kier molecular flexibility index (Phi) is 5.96. The molecule has 1 saturated heterocycles. The van der Waals surface area contributed by atoms with E-state index in [1.54, 1.807) is 12.1 Å². The Morgan fingerprint density at radius 1 is 1.29 bits per heavy atom. The van der Waals surface area contributed by atoms with E-state index in [-0.39, 0.29) is 17.1 Å². The zero-order valence-electron chi connectivity index (χ0n) is 17.5. The molecule has 2 fully saturated rings. The molecule has 1 N–H and O–H groups in total. The number of carbonyl (C=O) groups excluding carboxylic acids is 1. The summed E-state index contributed by atoms with van der Waals surface area (Å²) in [4.78, 5) is 19.2. The van der Waals surface area contributed by atoms with E-state index in [0.29, 0.717) is 29.4 Å². The Balaban J connectivity index is 1.67. The summed E-state index contributed by atoms with van der Waals surface area (Å²) in [5, 5.41) is 3.26. The first-order valence-electron chi connectivity index (χ1n) is 10.2. The molecule has 2 aromatic rings. The third-order valence-corrected chi connectivity index (χ3v) is 7.13. The highest BCUT2D eigenvalue weighted by Gasteiger charge is 2.49. The summed E-state index contributed by atoms with van der Waals surface area (Å²) in [5.41, 5.74) is 0.830. The van der Waals surface area contributed by atoms with Gasteiger partial charge in [-0.25, -0.2) is 9.37 Å². The molecule has 2 atom stereocenters. The van der Waals surface area contributed by atoms with Gasteiger partial charge >= 0.3 is 0 Å². The number of nitrogens with one attached hydrogen (secondary N) is 1. The van der Waals surface area contributed by atoms with Crippen molar-refractivity contribution in [1.29, 1.82) is 0 Å². The van der Waals surface area contributed by atoms with Crippen LogP contribution in [0.15, 0.2) is 35.5 Å². The standard InChI is InChI=1S/C22H25F2N3O3S/c1-30-20-16(6-5-15(23)19(20)24)27-13-22(8-3-4-9-22)12-17(27)21(28)26-14-7-10-25-18(11-14)31(2)29/h5-7,10-11,17H,3-4,8-9,12-13H2,1-2H3,(H,25,26,28). The SMILES string of the molecule is COc1c(N2CC3(CCCC3)CC2C(=O)Nc2ccnc(S(C)=O)c2)ccc(F)c1F. The lowest BCUT2D eigenvalue weighted by atomic mass is 9.84. The van der Waals surface area contributed by atoms with Gasteiger partial charge in [0.1, 0.15) is 11.1 Å². The van der Waals surface area contributed by atoms with Crippen LogP contribution in [0.5, 0.6) is 5.75 Å². The summed E-state index contributed by atoms with van der Waals surface area (Å²) in [6.45, 7) is 0.576. The molecule has 166 valence electrons. The van der Waals surface area contributed by atoms with Crippen molar-refractivity contribution in [3.63, 3.8) is 0 Å². The monoisotopic (exact) mass is 449 g/mol. The van der Waals surface area contributed by atoms with E-state index >= 15 is 0 Å². The zero-order valence-corrected chi connectivity index (χ0v) is 18.3. The first kappa shape index (κ1) is 21.7. The number of carbonyl (C=O) groups is 1. The van der Waals surface area contributed by atoms with E-state index in [9.17, 15) is 17.8 Å². The van der Waals surface area contributed by atoms with Crippen LogP contribution in [0, 0.1) is 17.0 Å². The van der Waals surface area contributed by atoms with Crippen LogP contribution >= 0.6 is 0 Å². The van der Waals surface area contributed by atoms with Crippen LogP contribution < -0.4 is 15.0 Å². The van der Waals surface area contributed by atoms with Crippen LogP contribution in [-0.2, 0) is 15.6 Å². The predicted octanol–water partition coefficient (Wildman–Crippen LogP) is 3.88. The number of halogens is 2. The molecule has 9 heteroatoms. The maximum atomic E-state index is 14.4. The van der Waals surface area contributed by atoms with Gasteiger partial charge in [0.15, 0.2) is 11.6 Å². The molecule has 1 aromatic carbocycles. The van der Waals surface area contributed by atoms with Crippen molar-refractivity contribution in [2.24, 2.45) is 5.41 Å². The maximum absolute atomic E-state index is 14.4. The number of amides is 1. The fourth-order valence-electron chi connectivity index (χ4n) is 4.84. The van der Waals surface area contributed by atoms with Gasteiger partial charge in [0.2, 0.25) is 11.7 Å². The van der Waals surface area contributed by atoms with E-state index in [1.807, 2.05) is 4.90 Å². The van der Waals surface area contributed by atoms with E-state index in [4.69, 9.17) is 4.74 Å². The molecule has 6 nitrogen and oxygen atoms in total. The van der Waals surface area contributed by atoms with Crippen molar-refractivity contribution in [3.8, 4) is 5.75 Å². The van der Waals surface area contributed by atoms with Crippen LogP contribution in [0.3, 0.4) is 0 Å². The number of benzene rings is 1. The summed E-state index contributed by atoms with van der Waals surface area (Å²) in [6.07, 6.45) is 7.81. The number of methoxy groups -OCH3 is 1. The van der Waals surface area contributed by atoms with Crippen molar-refractivity contribution in [2.45, 2.75) is 43.2 Å². The van der Waals surface area contributed by atoms with Crippen LogP contribution in [0.2, 0.25) is 0 Å². The van der Waals surface area contributed by atoms with Gasteiger partial charge in [-0.2, -0.15) is 4.39 Å². The lowest BCUT2D eigenvalue weighted by molar-refractivity contribution is -0.117. The molecule has 1 aliphatic heterocycles. The summed E-state index contributed by atoms with van der Waals surface area (Å²) < 4.78 is 45.1. The molecule has 1 aliphatic carbocycles. The minimum atomic E-state index is -1.28. The molecule has 0 bridgehead atoms. The largest absolute Gasteiger partial charge is 0.491 e. The van der Waals surface area contributed by atoms with Gasteiger partial charge in [-0.05, 0) is 48.9 Å². The smallest absolute Gasteiger partial charge is 0.247 e. The van der Waals surface area contributed by atoms with E-state index < -0.39 is 28.5 Å². The average Bonchev–Trinajstić information content (AvgIpc) is 3.37. The van der Waals surface area contributed by atoms with Gasteiger partial charge in [-0.15, -0.1) is 0 Å². The van der Waals surface area contributed by atoms with E-state index in [0.717, 1.165) is 31.7 Å². The van der Waals surface area contributed by atoms with Crippen molar-refractivity contribution in [3.05, 3.63) is 42.1 Å². The Hall–Kier alpha value is -2.55. The summed E-state index contributed by atoms with van der Waals surface area (Å²) in [7, 11) is 0.0173. The van der Waals surface area contributed by atoms with Crippen LogP contribution in [-0.4, -0.2) is 41.1 Å². The highest BCUT2D eigenvalue weighted by atomic mass is 32.2. The van der Waals surface area contributed by atoms with E-state index in [1.165, 1.54) is 25.6 Å². The van der Waals surface area contributed by atoms with E-state index in [2.05, 4.69) is 10.3 Å².